The minimum absolute atomic E-state index is 0.463. The first-order chi connectivity index (χ1) is 7.62. The SMILES string of the molecule is Nc1nc(Cl)nc(OCC(F)(F)C(F)(F)F)n1. The number of rotatable bonds is 3. The maximum absolute atomic E-state index is 12.4. The lowest BCUT2D eigenvalue weighted by molar-refractivity contribution is -0.290. The summed E-state index contributed by atoms with van der Waals surface area (Å²) in [6.07, 6.45) is -5.73. The van der Waals surface area contributed by atoms with E-state index in [1.54, 1.807) is 0 Å². The van der Waals surface area contributed by atoms with Crippen LogP contribution in [0.4, 0.5) is 27.9 Å². The monoisotopic (exact) mass is 278 g/mol. The van der Waals surface area contributed by atoms with Gasteiger partial charge in [-0.05, 0) is 11.6 Å². The molecule has 0 aromatic carbocycles. The molecule has 1 aromatic heterocycles. The van der Waals surface area contributed by atoms with Gasteiger partial charge in [0.25, 0.3) is 0 Å². The summed E-state index contributed by atoms with van der Waals surface area (Å²) in [5, 5.41) is -0.483. The second-order valence-electron chi connectivity index (χ2n) is 2.74. The molecule has 0 bridgehead atoms. The van der Waals surface area contributed by atoms with E-state index in [1.807, 2.05) is 0 Å². The Bertz CT molecular complexity index is 392. The number of hydrogen-bond acceptors (Lipinski definition) is 5. The zero-order chi connectivity index (χ0) is 13.3. The fourth-order valence-corrected chi connectivity index (χ4v) is 0.807. The van der Waals surface area contributed by atoms with Gasteiger partial charge in [-0.25, -0.2) is 0 Å². The lowest BCUT2D eigenvalue weighted by atomic mass is 10.3. The quantitative estimate of drug-likeness (QED) is 0.852. The van der Waals surface area contributed by atoms with Crippen molar-refractivity contribution in [2.24, 2.45) is 0 Å². The van der Waals surface area contributed by atoms with Gasteiger partial charge in [0.15, 0.2) is 6.61 Å². The Morgan fingerprint density at radius 3 is 2.18 bits per heavy atom. The van der Waals surface area contributed by atoms with Crippen molar-refractivity contribution in [3.8, 4) is 6.01 Å². The second kappa shape index (κ2) is 4.43. The largest absolute Gasteiger partial charge is 0.456 e. The van der Waals surface area contributed by atoms with Gasteiger partial charge < -0.3 is 10.5 Å². The smallest absolute Gasteiger partial charge is 0.456 e. The molecule has 5 nitrogen and oxygen atoms in total. The Balaban J connectivity index is 2.74. The van der Waals surface area contributed by atoms with Crippen molar-refractivity contribution < 1.29 is 26.7 Å². The minimum atomic E-state index is -5.73. The predicted molar refractivity (Wildman–Crippen MR) is 45.7 cm³/mol. The lowest BCUT2D eigenvalue weighted by Crippen LogP contribution is -2.42. The average Bonchev–Trinajstić information content (AvgIpc) is 2.11. The van der Waals surface area contributed by atoms with Gasteiger partial charge in [0.05, 0.1) is 0 Å². The number of nitrogens with zero attached hydrogens (tertiary/aromatic N) is 3. The Morgan fingerprint density at radius 2 is 1.71 bits per heavy atom. The van der Waals surface area contributed by atoms with Gasteiger partial charge in [0, 0.05) is 0 Å². The van der Waals surface area contributed by atoms with Gasteiger partial charge in [-0.3, -0.25) is 0 Å². The molecule has 0 aliphatic carbocycles. The molecule has 17 heavy (non-hydrogen) atoms. The van der Waals surface area contributed by atoms with E-state index in [9.17, 15) is 22.0 Å². The highest BCUT2D eigenvalue weighted by molar-refractivity contribution is 6.28. The van der Waals surface area contributed by atoms with Crippen molar-refractivity contribution in [1.29, 1.82) is 0 Å². The molecule has 0 saturated carbocycles. The third kappa shape index (κ3) is 3.51. The second-order valence-corrected chi connectivity index (χ2v) is 3.07. The van der Waals surface area contributed by atoms with Crippen LogP contribution in [0.15, 0.2) is 0 Å². The topological polar surface area (TPSA) is 73.9 Å². The highest BCUT2D eigenvalue weighted by atomic mass is 35.5. The molecule has 11 heteroatoms. The van der Waals surface area contributed by atoms with Crippen LogP contribution >= 0.6 is 11.6 Å². The first-order valence-electron chi connectivity index (χ1n) is 3.86. The molecular formula is C6H4ClF5N4O. The molecule has 1 rings (SSSR count). The number of hydrogen-bond donors (Lipinski definition) is 1. The van der Waals surface area contributed by atoms with Crippen LogP contribution in [0.3, 0.4) is 0 Å². The van der Waals surface area contributed by atoms with Crippen LogP contribution < -0.4 is 10.5 Å². The Kier molecular flexibility index (Phi) is 3.55. The van der Waals surface area contributed by atoms with Crippen LogP contribution in [0.1, 0.15) is 0 Å². The third-order valence-corrected chi connectivity index (χ3v) is 1.57. The molecule has 0 amide bonds. The third-order valence-electron chi connectivity index (χ3n) is 1.40. The van der Waals surface area contributed by atoms with Gasteiger partial charge in [-0.15, -0.1) is 0 Å². The lowest BCUT2D eigenvalue weighted by Gasteiger charge is -2.18. The van der Waals surface area contributed by atoms with Crippen molar-refractivity contribution >= 4 is 17.5 Å². The van der Waals surface area contributed by atoms with E-state index in [0.29, 0.717) is 0 Å². The Labute approximate surface area is 95.8 Å². The van der Waals surface area contributed by atoms with Gasteiger partial charge in [-0.2, -0.15) is 36.9 Å². The molecule has 0 unspecified atom stereocenters. The van der Waals surface area contributed by atoms with Crippen LogP contribution in [0.5, 0.6) is 6.01 Å². The summed E-state index contributed by atoms with van der Waals surface area (Å²) in [7, 11) is 0. The molecule has 0 aliphatic rings. The van der Waals surface area contributed by atoms with Crippen LogP contribution in [-0.4, -0.2) is 33.7 Å². The first-order valence-corrected chi connectivity index (χ1v) is 4.24. The fourth-order valence-electron chi connectivity index (χ4n) is 0.648. The van der Waals surface area contributed by atoms with Gasteiger partial charge in [-0.1, -0.05) is 0 Å². The van der Waals surface area contributed by atoms with E-state index in [1.165, 1.54) is 0 Å². The summed E-state index contributed by atoms with van der Waals surface area (Å²) < 4.78 is 64.2. The zero-order valence-corrected chi connectivity index (χ0v) is 8.56. The van der Waals surface area contributed by atoms with Gasteiger partial charge in [0.1, 0.15) is 0 Å². The summed E-state index contributed by atoms with van der Waals surface area (Å²) in [4.78, 5) is 9.59. The number of aromatic nitrogens is 3. The molecule has 0 radical (unpaired) electrons. The number of anilines is 1. The highest BCUT2D eigenvalue weighted by Gasteiger charge is 2.58. The minimum Gasteiger partial charge on any atom is -0.456 e. The predicted octanol–water partition coefficient (Wildman–Crippen LogP) is 1.68. The first kappa shape index (κ1) is 13.6. The Hall–Kier alpha value is -1.45. The maximum Gasteiger partial charge on any atom is 0.456 e. The van der Waals surface area contributed by atoms with Crippen molar-refractivity contribution in [1.82, 2.24) is 15.0 Å². The number of alkyl halides is 5. The average molecular weight is 279 g/mol. The molecule has 1 aromatic rings. The van der Waals surface area contributed by atoms with E-state index >= 15 is 0 Å². The Morgan fingerprint density at radius 1 is 1.12 bits per heavy atom. The molecule has 0 aliphatic heterocycles. The van der Waals surface area contributed by atoms with Crippen LogP contribution in [0.2, 0.25) is 5.28 Å². The summed E-state index contributed by atoms with van der Waals surface area (Å²) in [5.41, 5.74) is 5.05. The summed E-state index contributed by atoms with van der Waals surface area (Å²) >= 11 is 5.26. The maximum atomic E-state index is 12.4. The van der Waals surface area contributed by atoms with E-state index < -0.39 is 35.9 Å². The van der Waals surface area contributed by atoms with E-state index in [4.69, 9.17) is 17.3 Å². The molecular weight excluding hydrogens is 275 g/mol. The van der Waals surface area contributed by atoms with Crippen molar-refractivity contribution in [3.63, 3.8) is 0 Å². The molecule has 0 fully saturated rings. The van der Waals surface area contributed by atoms with Gasteiger partial charge >= 0.3 is 18.1 Å². The summed E-state index contributed by atoms with van der Waals surface area (Å²) in [5.74, 6) is -5.49. The van der Waals surface area contributed by atoms with E-state index in [2.05, 4.69) is 19.7 Å². The number of ether oxygens (including phenoxy) is 1. The standard InChI is InChI=1S/C6H4ClF5N4O/c7-2-14-3(13)16-4(15-2)17-1-5(8,9)6(10,11)12/h1H2,(H2,13,14,15,16). The van der Waals surface area contributed by atoms with Crippen molar-refractivity contribution in [3.05, 3.63) is 5.28 Å². The zero-order valence-electron chi connectivity index (χ0n) is 7.80. The van der Waals surface area contributed by atoms with E-state index in [0.717, 1.165) is 0 Å². The van der Waals surface area contributed by atoms with E-state index in [-0.39, 0.29) is 0 Å². The molecule has 0 saturated heterocycles. The molecule has 2 N–H and O–H groups in total. The van der Waals surface area contributed by atoms with Gasteiger partial charge in [0.2, 0.25) is 11.2 Å². The molecule has 96 valence electrons. The number of halogens is 6. The fraction of sp³-hybridized carbons (Fsp3) is 0.500. The van der Waals surface area contributed by atoms with Crippen molar-refractivity contribution in [2.75, 3.05) is 12.3 Å². The van der Waals surface area contributed by atoms with Crippen LogP contribution in [0, 0.1) is 0 Å². The summed E-state index contributed by atoms with van der Waals surface area (Å²) in [6, 6.07) is -0.813. The van der Waals surface area contributed by atoms with Crippen molar-refractivity contribution in [2.45, 2.75) is 12.1 Å². The highest BCUT2D eigenvalue weighted by Crippen LogP contribution is 2.35. The van der Waals surface area contributed by atoms with Crippen LogP contribution in [-0.2, 0) is 0 Å². The summed E-state index contributed by atoms with van der Waals surface area (Å²) in [6.45, 7) is -1.98. The normalized spacial score (nSPS) is 12.6. The molecule has 0 spiro atoms. The number of nitrogens with two attached hydrogens (primary N) is 1. The number of nitrogen functional groups attached to an aromatic ring is 1. The van der Waals surface area contributed by atoms with Crippen LogP contribution in [0.25, 0.3) is 0 Å². The molecule has 1 heterocycles. The molecule has 0 atom stereocenters.